The highest BCUT2D eigenvalue weighted by Crippen LogP contribution is 2.38. The Morgan fingerprint density at radius 3 is 2.36 bits per heavy atom. The van der Waals surface area contributed by atoms with Crippen LogP contribution in [-0.4, -0.2) is 89.8 Å². The highest BCUT2D eigenvalue weighted by molar-refractivity contribution is 6.31. The van der Waals surface area contributed by atoms with Crippen molar-refractivity contribution in [3.05, 3.63) is 93.6 Å². The van der Waals surface area contributed by atoms with Gasteiger partial charge in [-0.25, -0.2) is 9.78 Å². The second-order valence-corrected chi connectivity index (χ2v) is 14.0. The van der Waals surface area contributed by atoms with Gasteiger partial charge < -0.3 is 19.8 Å². The van der Waals surface area contributed by atoms with Gasteiger partial charge in [-0.1, -0.05) is 54.1 Å². The number of ether oxygens (including phenoxy) is 1. The van der Waals surface area contributed by atoms with E-state index in [2.05, 4.69) is 4.98 Å². The summed E-state index contributed by atoms with van der Waals surface area (Å²) in [5.74, 6) is -2.59. The lowest BCUT2D eigenvalue weighted by atomic mass is 9.89. The predicted molar refractivity (Wildman–Crippen MR) is 178 cm³/mol. The van der Waals surface area contributed by atoms with Gasteiger partial charge in [-0.15, -0.1) is 0 Å². The largest absolute Gasteiger partial charge is 0.465 e. The van der Waals surface area contributed by atoms with Crippen LogP contribution in [0.3, 0.4) is 0 Å². The molecule has 2 aliphatic rings. The summed E-state index contributed by atoms with van der Waals surface area (Å²) in [5.41, 5.74) is -0.842. The van der Waals surface area contributed by atoms with Crippen molar-refractivity contribution in [2.75, 3.05) is 26.2 Å². The molecule has 0 bridgehead atoms. The van der Waals surface area contributed by atoms with Crippen LogP contribution in [0.5, 0.6) is 0 Å². The highest BCUT2D eigenvalue weighted by Gasteiger charge is 2.44. The molecule has 2 atom stereocenters. The highest BCUT2D eigenvalue weighted by atomic mass is 35.5. The number of halogens is 4. The minimum absolute atomic E-state index is 0.0147. The molecule has 2 N–H and O–H groups in total. The van der Waals surface area contributed by atoms with Crippen LogP contribution in [0.1, 0.15) is 56.2 Å². The number of rotatable bonds is 7. The molecule has 2 aromatic heterocycles. The first-order valence-corrected chi connectivity index (χ1v) is 16.6. The lowest BCUT2D eigenvalue weighted by Gasteiger charge is -2.42. The zero-order valence-corrected chi connectivity index (χ0v) is 28.2. The Morgan fingerprint density at radius 2 is 1.74 bits per heavy atom. The van der Waals surface area contributed by atoms with Crippen molar-refractivity contribution >= 4 is 34.6 Å². The number of carbonyl (C=O) groups is 2. The molecule has 0 unspecified atom stereocenters. The number of morpholine rings is 1. The van der Waals surface area contributed by atoms with Crippen LogP contribution < -0.4 is 5.56 Å². The molecule has 4 aromatic rings. The first-order chi connectivity index (χ1) is 23.6. The van der Waals surface area contributed by atoms with Crippen LogP contribution >= 0.6 is 11.6 Å². The fraction of sp³-hybridized carbons (Fsp3) is 0.429. The van der Waals surface area contributed by atoms with E-state index < -0.39 is 53.3 Å². The summed E-state index contributed by atoms with van der Waals surface area (Å²) in [6.45, 7) is 4.01. The van der Waals surface area contributed by atoms with E-state index in [4.69, 9.17) is 16.3 Å². The third-order valence-corrected chi connectivity index (χ3v) is 9.85. The molecule has 4 heterocycles. The molecule has 0 aliphatic carbocycles. The number of carboxylic acid groups (broad SMARTS) is 1. The summed E-state index contributed by atoms with van der Waals surface area (Å²) < 4.78 is 50.2. The molecule has 15 heteroatoms. The van der Waals surface area contributed by atoms with Gasteiger partial charge >= 0.3 is 12.3 Å². The average molecular weight is 716 g/mol. The van der Waals surface area contributed by atoms with Gasteiger partial charge in [0.25, 0.3) is 5.56 Å². The zero-order chi connectivity index (χ0) is 36.0. The van der Waals surface area contributed by atoms with Crippen molar-refractivity contribution < 1.29 is 37.7 Å². The summed E-state index contributed by atoms with van der Waals surface area (Å²) in [4.78, 5) is 45.6. The molecule has 2 fully saturated rings. The minimum Gasteiger partial charge on any atom is -0.465 e. The lowest BCUT2D eigenvalue weighted by Crippen LogP contribution is -2.51. The van der Waals surface area contributed by atoms with E-state index in [1.807, 2.05) is 13.8 Å². The van der Waals surface area contributed by atoms with Crippen LogP contribution in [0, 0.1) is 0 Å². The number of aromatic nitrogens is 3. The molecule has 11 nitrogen and oxygen atoms in total. The number of carbonyl (C=O) groups excluding carboxylic acids is 1. The number of nitrogens with zero attached hydrogens (tertiary/aromatic N) is 5. The zero-order valence-electron chi connectivity index (χ0n) is 27.4. The van der Waals surface area contributed by atoms with E-state index in [1.54, 1.807) is 34.9 Å². The SMILES string of the molecule is CC1(C)CN(C(=O)O)[C@H](c2ccc(-n3c(Cl)cc4c(=O)n(CC5(O)CCN(C(=O)C[C@H](c6ccccc6)C(F)(F)F)CC5)cnc43)cc2)CO1. The molecule has 0 spiro atoms. The van der Waals surface area contributed by atoms with Crippen LogP contribution in [-0.2, 0) is 16.1 Å². The number of aliphatic hydroxyl groups is 1. The number of benzene rings is 2. The molecule has 0 radical (unpaired) electrons. The van der Waals surface area contributed by atoms with Gasteiger partial charge in [0, 0.05) is 25.2 Å². The van der Waals surface area contributed by atoms with E-state index in [-0.39, 0.29) is 67.4 Å². The molecule has 0 saturated carbocycles. The third-order valence-electron chi connectivity index (χ3n) is 9.57. The Kier molecular flexibility index (Phi) is 9.48. The number of likely N-dealkylation sites (tertiary alicyclic amines) is 1. The Balaban J connectivity index is 1.15. The Labute approximate surface area is 290 Å². The fourth-order valence-corrected chi connectivity index (χ4v) is 7.07. The maximum atomic E-state index is 13.8. The van der Waals surface area contributed by atoms with Gasteiger partial charge in [-0.2, -0.15) is 13.2 Å². The summed E-state index contributed by atoms with van der Waals surface area (Å²) in [6.07, 6.45) is -4.96. The van der Waals surface area contributed by atoms with Crippen molar-refractivity contribution in [2.24, 2.45) is 0 Å². The molecular weight excluding hydrogens is 679 g/mol. The molecule has 6 rings (SSSR count). The van der Waals surface area contributed by atoms with Crippen molar-refractivity contribution in [1.29, 1.82) is 0 Å². The second-order valence-electron chi connectivity index (χ2n) is 13.6. The van der Waals surface area contributed by atoms with Crippen LogP contribution in [0.2, 0.25) is 5.15 Å². The first-order valence-electron chi connectivity index (χ1n) is 16.2. The van der Waals surface area contributed by atoms with Gasteiger partial charge in [0.1, 0.15) is 11.5 Å². The van der Waals surface area contributed by atoms with Gasteiger partial charge in [0.05, 0.1) is 48.2 Å². The number of piperidine rings is 1. The molecular formula is C35H37ClF3N5O6. The molecule has 2 aromatic carbocycles. The lowest BCUT2D eigenvalue weighted by molar-refractivity contribution is -0.162. The summed E-state index contributed by atoms with van der Waals surface area (Å²) in [6, 6.07) is 15.4. The van der Waals surface area contributed by atoms with E-state index >= 15 is 0 Å². The van der Waals surface area contributed by atoms with E-state index in [0.717, 1.165) is 5.56 Å². The van der Waals surface area contributed by atoms with E-state index in [0.29, 0.717) is 5.69 Å². The van der Waals surface area contributed by atoms with Gasteiger partial charge in [-0.05, 0) is 56.0 Å². The number of alkyl halides is 3. The monoisotopic (exact) mass is 715 g/mol. The molecule has 50 heavy (non-hydrogen) atoms. The van der Waals surface area contributed by atoms with Crippen LogP contribution in [0.4, 0.5) is 18.0 Å². The maximum absolute atomic E-state index is 13.8. The summed E-state index contributed by atoms with van der Waals surface area (Å²) >= 11 is 6.59. The van der Waals surface area contributed by atoms with E-state index in [9.17, 15) is 37.8 Å². The van der Waals surface area contributed by atoms with Crippen molar-refractivity contribution in [2.45, 2.75) is 69.0 Å². The van der Waals surface area contributed by atoms with Crippen molar-refractivity contribution in [3.63, 3.8) is 0 Å². The Hall–Kier alpha value is -4.40. The molecule has 2 saturated heterocycles. The standard InChI is InChI=1S/C35H37ClF3N5O6/c1-33(2)19-43(32(47)48)27(18-50-33)23-8-10-24(11-9-23)44-28(36)16-25-30(44)40-21-42(31(25)46)20-34(49)12-14-41(15-13-34)29(45)17-26(35(37,38)39)22-6-4-3-5-7-22/h3-11,16,21,26-27,49H,12-15,17-20H2,1-2H3,(H,47,48)/t26-,27+/m1/s1. The quantitative estimate of drug-likeness (QED) is 0.249. The molecule has 266 valence electrons. The van der Waals surface area contributed by atoms with Gasteiger partial charge in [0.15, 0.2) is 5.65 Å². The number of fused-ring (bicyclic) bond motifs is 1. The Bertz CT molecular complexity index is 1940. The van der Waals surface area contributed by atoms with Gasteiger partial charge in [0.2, 0.25) is 5.91 Å². The second kappa shape index (κ2) is 13.4. The number of hydrogen-bond donors (Lipinski definition) is 2. The topological polar surface area (TPSA) is 130 Å². The van der Waals surface area contributed by atoms with Gasteiger partial charge in [-0.3, -0.25) is 23.6 Å². The predicted octanol–water partition coefficient (Wildman–Crippen LogP) is 5.76. The smallest absolute Gasteiger partial charge is 0.407 e. The van der Waals surface area contributed by atoms with Crippen LogP contribution in [0.25, 0.3) is 16.7 Å². The fourth-order valence-electron chi connectivity index (χ4n) is 6.79. The average Bonchev–Trinajstić information content (AvgIpc) is 3.41. The summed E-state index contributed by atoms with van der Waals surface area (Å²) in [5, 5.41) is 21.6. The van der Waals surface area contributed by atoms with Crippen molar-refractivity contribution in [1.82, 2.24) is 23.9 Å². The van der Waals surface area contributed by atoms with Crippen molar-refractivity contribution in [3.8, 4) is 5.69 Å². The molecule has 2 amide bonds. The number of hydrogen-bond acceptors (Lipinski definition) is 6. The number of amides is 2. The normalized spacial score (nSPS) is 19.8. The third kappa shape index (κ3) is 7.23. The Morgan fingerprint density at radius 1 is 1.08 bits per heavy atom. The maximum Gasteiger partial charge on any atom is 0.407 e. The molecule has 2 aliphatic heterocycles. The minimum atomic E-state index is -4.60. The van der Waals surface area contributed by atoms with E-state index in [1.165, 1.54) is 51.0 Å². The van der Waals surface area contributed by atoms with Crippen LogP contribution in [0.15, 0.2) is 71.8 Å². The first kappa shape index (κ1) is 35.4. The summed E-state index contributed by atoms with van der Waals surface area (Å²) in [7, 11) is 0.